The molecule has 1 aromatic carbocycles. The predicted molar refractivity (Wildman–Crippen MR) is 77.2 cm³/mol. The van der Waals surface area contributed by atoms with Crippen LogP contribution in [0, 0.1) is 0 Å². The molecule has 0 amide bonds. The minimum Gasteiger partial charge on any atom is -0.370 e. The summed E-state index contributed by atoms with van der Waals surface area (Å²) in [5, 5.41) is 8.77. The molecule has 1 spiro atoms. The van der Waals surface area contributed by atoms with Crippen molar-refractivity contribution in [2.24, 2.45) is 5.10 Å². The van der Waals surface area contributed by atoms with E-state index in [1.807, 2.05) is 24.3 Å². The highest BCUT2D eigenvalue weighted by Gasteiger charge is 2.42. The second kappa shape index (κ2) is 4.70. The molecule has 1 saturated heterocycles. The van der Waals surface area contributed by atoms with E-state index in [0.29, 0.717) is 17.8 Å². The summed E-state index contributed by atoms with van der Waals surface area (Å²) in [5.41, 5.74) is 1.06. The van der Waals surface area contributed by atoms with Crippen molar-refractivity contribution in [3.63, 3.8) is 0 Å². The fourth-order valence-corrected chi connectivity index (χ4v) is 2.74. The van der Waals surface area contributed by atoms with Gasteiger partial charge in [0.1, 0.15) is 13.1 Å². The summed E-state index contributed by atoms with van der Waals surface area (Å²) in [4.78, 5) is 0. The van der Waals surface area contributed by atoms with Crippen LogP contribution in [-0.4, -0.2) is 41.8 Å². The van der Waals surface area contributed by atoms with Gasteiger partial charge in [-0.25, -0.2) is 0 Å². The number of ether oxygens (including phenoxy) is 1. The van der Waals surface area contributed by atoms with Crippen LogP contribution in [0.2, 0.25) is 0 Å². The SMILES string of the molecule is S=C1NC(c2ccc(Br)cc2)=N[N+]12CCOCC2. The van der Waals surface area contributed by atoms with Crippen molar-refractivity contribution in [1.82, 2.24) is 5.32 Å². The van der Waals surface area contributed by atoms with E-state index in [4.69, 9.17) is 22.1 Å². The van der Waals surface area contributed by atoms with Crippen LogP contribution in [0.15, 0.2) is 33.8 Å². The molecule has 94 valence electrons. The van der Waals surface area contributed by atoms with Gasteiger partial charge in [0.15, 0.2) is 5.84 Å². The minimum absolute atomic E-state index is 0.487. The maximum atomic E-state index is 5.44. The van der Waals surface area contributed by atoms with Crippen molar-refractivity contribution in [3.8, 4) is 0 Å². The summed E-state index contributed by atoms with van der Waals surface area (Å²) in [6.45, 7) is 3.04. The molecule has 18 heavy (non-hydrogen) atoms. The molecule has 2 aliphatic heterocycles. The number of halogens is 1. The van der Waals surface area contributed by atoms with Gasteiger partial charge in [-0.15, -0.1) is 4.59 Å². The number of hydrogen-bond donors (Lipinski definition) is 1. The van der Waals surface area contributed by atoms with E-state index in [2.05, 4.69) is 21.2 Å². The van der Waals surface area contributed by atoms with E-state index >= 15 is 0 Å². The Balaban J connectivity index is 1.92. The monoisotopic (exact) mass is 326 g/mol. The molecule has 2 heterocycles. The Morgan fingerprint density at radius 2 is 1.89 bits per heavy atom. The van der Waals surface area contributed by atoms with E-state index in [0.717, 1.165) is 34.1 Å². The molecule has 1 fully saturated rings. The average Bonchev–Trinajstić information content (AvgIpc) is 2.69. The summed E-state index contributed by atoms with van der Waals surface area (Å²) in [6.07, 6.45) is 0. The lowest BCUT2D eigenvalue weighted by atomic mass is 10.2. The number of hydrogen-bond acceptors (Lipinski definition) is 3. The molecule has 0 saturated carbocycles. The number of nitrogens with zero attached hydrogens (tertiary/aromatic N) is 2. The third-order valence-corrected chi connectivity index (χ3v) is 4.19. The topological polar surface area (TPSA) is 33.6 Å². The highest BCUT2D eigenvalue weighted by molar-refractivity contribution is 9.10. The van der Waals surface area contributed by atoms with Crippen molar-refractivity contribution < 1.29 is 9.33 Å². The number of amidine groups is 1. The molecule has 1 aromatic rings. The van der Waals surface area contributed by atoms with Crippen molar-refractivity contribution in [1.29, 1.82) is 0 Å². The Labute approximate surface area is 119 Å². The first-order valence-electron chi connectivity index (χ1n) is 5.82. The van der Waals surface area contributed by atoms with E-state index < -0.39 is 0 Å². The average molecular weight is 327 g/mol. The van der Waals surface area contributed by atoms with Crippen molar-refractivity contribution in [3.05, 3.63) is 34.3 Å². The fourth-order valence-electron chi connectivity index (χ4n) is 2.15. The van der Waals surface area contributed by atoms with Crippen LogP contribution in [-0.2, 0) is 4.74 Å². The molecule has 6 heteroatoms. The zero-order chi connectivity index (χ0) is 12.6. The number of benzene rings is 1. The van der Waals surface area contributed by atoms with Gasteiger partial charge in [0.25, 0.3) is 0 Å². The Morgan fingerprint density at radius 1 is 1.22 bits per heavy atom. The fraction of sp³-hybridized carbons (Fsp3) is 0.333. The maximum Gasteiger partial charge on any atom is 0.302 e. The third kappa shape index (κ3) is 2.09. The number of morpholine rings is 1. The molecule has 3 rings (SSSR count). The molecule has 0 atom stereocenters. The van der Waals surface area contributed by atoms with Crippen molar-refractivity contribution in [2.45, 2.75) is 0 Å². The first-order chi connectivity index (χ1) is 8.70. The molecule has 0 unspecified atom stereocenters. The minimum atomic E-state index is 0.487. The summed E-state index contributed by atoms with van der Waals surface area (Å²) in [6, 6.07) is 8.07. The number of nitrogens with one attached hydrogen (secondary N) is 1. The highest BCUT2D eigenvalue weighted by Crippen LogP contribution is 2.21. The van der Waals surface area contributed by atoms with Gasteiger partial charge in [0.2, 0.25) is 0 Å². The van der Waals surface area contributed by atoms with Gasteiger partial charge in [-0.3, -0.25) is 5.32 Å². The third-order valence-electron chi connectivity index (χ3n) is 3.22. The molecular formula is C12H13BrN3OS+. The smallest absolute Gasteiger partial charge is 0.302 e. The Hall–Kier alpha value is -0.820. The first kappa shape index (κ1) is 12.2. The first-order valence-corrected chi connectivity index (χ1v) is 7.02. The molecule has 0 aliphatic carbocycles. The lowest BCUT2D eigenvalue weighted by Gasteiger charge is -2.29. The van der Waals surface area contributed by atoms with Crippen LogP contribution in [0.3, 0.4) is 0 Å². The van der Waals surface area contributed by atoms with Crippen LogP contribution < -0.4 is 5.32 Å². The zero-order valence-corrected chi connectivity index (χ0v) is 12.1. The molecule has 0 bridgehead atoms. The van der Waals surface area contributed by atoms with E-state index in [9.17, 15) is 0 Å². The maximum absolute atomic E-state index is 5.44. The molecule has 0 radical (unpaired) electrons. The summed E-state index contributed by atoms with van der Waals surface area (Å²) < 4.78 is 6.93. The van der Waals surface area contributed by atoms with Gasteiger partial charge in [-0.05, 0) is 24.3 Å². The number of rotatable bonds is 1. The molecule has 4 nitrogen and oxygen atoms in total. The molecule has 2 aliphatic rings. The van der Waals surface area contributed by atoms with Crippen molar-refractivity contribution in [2.75, 3.05) is 26.3 Å². The highest BCUT2D eigenvalue weighted by atomic mass is 79.9. The largest absolute Gasteiger partial charge is 0.370 e. The summed E-state index contributed by atoms with van der Waals surface area (Å²) in [7, 11) is 0. The van der Waals surface area contributed by atoms with Crippen LogP contribution in [0.1, 0.15) is 5.56 Å². The van der Waals surface area contributed by atoms with Crippen LogP contribution >= 0.6 is 28.1 Å². The molecule has 0 aromatic heterocycles. The second-order valence-corrected chi connectivity index (χ2v) is 5.67. The van der Waals surface area contributed by atoms with Crippen LogP contribution in [0.4, 0.5) is 0 Å². The summed E-state index contributed by atoms with van der Waals surface area (Å²) >= 11 is 8.87. The summed E-state index contributed by atoms with van der Waals surface area (Å²) in [5.74, 6) is 0.856. The van der Waals surface area contributed by atoms with Crippen molar-refractivity contribution >= 4 is 39.1 Å². The number of thiocarbonyl (C=S) groups is 1. The van der Waals surface area contributed by atoms with Gasteiger partial charge in [-0.2, -0.15) is 0 Å². The van der Waals surface area contributed by atoms with E-state index in [1.54, 1.807) is 0 Å². The van der Waals surface area contributed by atoms with Gasteiger partial charge >= 0.3 is 5.11 Å². The standard InChI is InChI=1S/C12H12BrN3OS/c13-10-3-1-9(2-4-10)11-14-12(18)16(15-11)5-7-17-8-6-16/h1-4H,5-8H2/p+1. The lowest BCUT2D eigenvalue weighted by molar-refractivity contribution is -0.853. The number of quaternary nitrogens is 1. The van der Waals surface area contributed by atoms with E-state index in [1.165, 1.54) is 0 Å². The van der Waals surface area contributed by atoms with Gasteiger partial charge in [0, 0.05) is 22.3 Å². The Bertz CT molecular complexity index is 509. The quantitative estimate of drug-likeness (QED) is 0.631. The van der Waals surface area contributed by atoms with Gasteiger partial charge in [0.05, 0.1) is 13.2 Å². The van der Waals surface area contributed by atoms with Gasteiger partial charge in [-0.1, -0.05) is 21.0 Å². The normalized spacial score (nSPS) is 21.8. The predicted octanol–water partition coefficient (Wildman–Crippen LogP) is 1.85. The van der Waals surface area contributed by atoms with Crippen LogP contribution in [0.5, 0.6) is 0 Å². The second-order valence-electron chi connectivity index (χ2n) is 4.37. The lowest BCUT2D eigenvalue weighted by Crippen LogP contribution is -2.54. The Morgan fingerprint density at radius 3 is 2.56 bits per heavy atom. The molecule has 1 N–H and O–H groups in total. The van der Waals surface area contributed by atoms with Crippen LogP contribution in [0.25, 0.3) is 0 Å². The zero-order valence-electron chi connectivity index (χ0n) is 9.73. The molecular weight excluding hydrogens is 314 g/mol. The van der Waals surface area contributed by atoms with Gasteiger partial charge < -0.3 is 4.74 Å². The Kier molecular flexibility index (Phi) is 3.19. The van der Waals surface area contributed by atoms with E-state index in [-0.39, 0.29) is 0 Å².